The maximum atomic E-state index is 11.9. The van der Waals surface area contributed by atoms with E-state index in [9.17, 15) is 14.7 Å². The summed E-state index contributed by atoms with van der Waals surface area (Å²) in [6.45, 7) is 6.54. The zero-order chi connectivity index (χ0) is 17.1. The number of alkyl carbamates (subject to hydrolysis) is 1. The molecule has 5 heteroatoms. The van der Waals surface area contributed by atoms with Gasteiger partial charge in [0.25, 0.3) is 0 Å². The molecule has 0 aromatic heterocycles. The highest BCUT2D eigenvalue weighted by molar-refractivity contribution is 5.85. The Morgan fingerprint density at radius 3 is 2.39 bits per heavy atom. The molecule has 1 aliphatic rings. The summed E-state index contributed by atoms with van der Waals surface area (Å²) in [5.74, 6) is -0.667. The standard InChI is InChI=1S/C18H25NO4/c1-17(2,3)9-14-10-18(11-14,15(20)21)19-16(22)23-12-13-7-5-4-6-8-13/h4-8,14H,9-12H2,1-3H3,(H,19,22)(H,20,21). The molecular formula is C18H25NO4. The van der Waals surface area contributed by atoms with Gasteiger partial charge in [-0.25, -0.2) is 9.59 Å². The topological polar surface area (TPSA) is 75.6 Å². The summed E-state index contributed by atoms with van der Waals surface area (Å²) in [5, 5.41) is 12.0. The fraction of sp³-hybridized carbons (Fsp3) is 0.556. The number of aliphatic carboxylic acids is 1. The molecule has 0 bridgehead atoms. The summed E-state index contributed by atoms with van der Waals surface area (Å²) in [4.78, 5) is 23.5. The number of nitrogens with one attached hydrogen (secondary N) is 1. The summed E-state index contributed by atoms with van der Waals surface area (Å²) in [7, 11) is 0. The third-order valence-corrected chi connectivity index (χ3v) is 4.14. The van der Waals surface area contributed by atoms with Crippen LogP contribution in [0.5, 0.6) is 0 Å². The first-order chi connectivity index (χ1) is 10.7. The number of hydrogen-bond acceptors (Lipinski definition) is 3. The first-order valence-electron chi connectivity index (χ1n) is 7.92. The minimum absolute atomic E-state index is 0.133. The SMILES string of the molecule is CC(C)(C)CC1CC(NC(=O)OCc2ccccc2)(C(=O)O)C1. The summed E-state index contributed by atoms with van der Waals surface area (Å²) >= 11 is 0. The maximum absolute atomic E-state index is 11.9. The van der Waals surface area contributed by atoms with Crippen LogP contribution in [0.4, 0.5) is 4.79 Å². The van der Waals surface area contributed by atoms with Crippen LogP contribution in [0.15, 0.2) is 30.3 Å². The van der Waals surface area contributed by atoms with Crippen molar-refractivity contribution in [3.63, 3.8) is 0 Å². The number of hydrogen-bond donors (Lipinski definition) is 2. The fourth-order valence-corrected chi connectivity index (χ4v) is 3.22. The van der Waals surface area contributed by atoms with Gasteiger partial charge in [0.05, 0.1) is 0 Å². The molecule has 0 heterocycles. The third kappa shape index (κ3) is 4.71. The number of carbonyl (C=O) groups excluding carboxylic acids is 1. The lowest BCUT2D eigenvalue weighted by Gasteiger charge is -2.46. The number of carboxylic acids is 1. The summed E-state index contributed by atoms with van der Waals surface area (Å²) < 4.78 is 5.13. The van der Waals surface area contributed by atoms with E-state index >= 15 is 0 Å². The van der Waals surface area contributed by atoms with Gasteiger partial charge in [-0.15, -0.1) is 0 Å². The normalized spacial score (nSPS) is 23.7. The molecule has 0 radical (unpaired) electrons. The largest absolute Gasteiger partial charge is 0.480 e. The van der Waals surface area contributed by atoms with Crippen LogP contribution >= 0.6 is 0 Å². The van der Waals surface area contributed by atoms with E-state index in [-0.39, 0.29) is 12.0 Å². The molecule has 1 fully saturated rings. The van der Waals surface area contributed by atoms with Gasteiger partial charge in [0.1, 0.15) is 12.1 Å². The molecule has 2 rings (SSSR count). The molecule has 5 nitrogen and oxygen atoms in total. The number of ether oxygens (including phenoxy) is 1. The van der Waals surface area contributed by atoms with Crippen LogP contribution in [0.2, 0.25) is 0 Å². The zero-order valence-electron chi connectivity index (χ0n) is 14.0. The van der Waals surface area contributed by atoms with Gasteiger partial charge in [-0.1, -0.05) is 51.1 Å². The summed E-state index contributed by atoms with van der Waals surface area (Å²) in [6.07, 6.45) is 1.19. The first kappa shape index (κ1) is 17.3. The lowest BCUT2D eigenvalue weighted by Crippen LogP contribution is -2.62. The Balaban J connectivity index is 1.86. The van der Waals surface area contributed by atoms with Crippen LogP contribution in [0.3, 0.4) is 0 Å². The Morgan fingerprint density at radius 1 is 1.26 bits per heavy atom. The smallest absolute Gasteiger partial charge is 0.408 e. The molecule has 126 valence electrons. The van der Waals surface area contributed by atoms with Crippen molar-refractivity contribution >= 4 is 12.1 Å². The van der Waals surface area contributed by atoms with Crippen LogP contribution < -0.4 is 5.32 Å². The highest BCUT2D eigenvalue weighted by Gasteiger charge is 2.52. The Bertz CT molecular complexity index is 556. The van der Waals surface area contributed by atoms with E-state index in [1.54, 1.807) is 0 Å². The molecule has 0 spiro atoms. The zero-order valence-corrected chi connectivity index (χ0v) is 14.0. The van der Waals surface area contributed by atoms with Gasteiger partial charge in [0, 0.05) is 0 Å². The van der Waals surface area contributed by atoms with Gasteiger partial charge in [0.15, 0.2) is 0 Å². The monoisotopic (exact) mass is 319 g/mol. The van der Waals surface area contributed by atoms with Crippen LogP contribution in [0, 0.1) is 11.3 Å². The lowest BCUT2D eigenvalue weighted by molar-refractivity contribution is -0.151. The lowest BCUT2D eigenvalue weighted by atomic mass is 9.63. The van der Waals surface area contributed by atoms with Gasteiger partial charge in [0.2, 0.25) is 0 Å². The maximum Gasteiger partial charge on any atom is 0.408 e. The average molecular weight is 319 g/mol. The van der Waals surface area contributed by atoms with Crippen molar-refractivity contribution in [3.8, 4) is 0 Å². The molecule has 23 heavy (non-hydrogen) atoms. The molecule has 0 aliphatic heterocycles. The van der Waals surface area contributed by atoms with Crippen molar-refractivity contribution in [2.75, 3.05) is 0 Å². The quantitative estimate of drug-likeness (QED) is 0.869. The Morgan fingerprint density at radius 2 is 1.87 bits per heavy atom. The van der Waals surface area contributed by atoms with Crippen LogP contribution in [-0.4, -0.2) is 22.7 Å². The van der Waals surface area contributed by atoms with E-state index in [0.29, 0.717) is 18.8 Å². The van der Waals surface area contributed by atoms with Crippen LogP contribution in [0.1, 0.15) is 45.6 Å². The molecule has 0 atom stereocenters. The number of carbonyl (C=O) groups is 2. The van der Waals surface area contributed by atoms with Crippen molar-refractivity contribution < 1.29 is 19.4 Å². The molecule has 0 unspecified atom stereocenters. The van der Waals surface area contributed by atoms with Gasteiger partial charge in [-0.05, 0) is 36.2 Å². The number of carboxylic acid groups (broad SMARTS) is 1. The second-order valence-electron chi connectivity index (χ2n) is 7.61. The van der Waals surface area contributed by atoms with Gasteiger partial charge < -0.3 is 15.2 Å². The van der Waals surface area contributed by atoms with Crippen molar-refractivity contribution in [3.05, 3.63) is 35.9 Å². The molecular weight excluding hydrogens is 294 g/mol. The first-order valence-corrected chi connectivity index (χ1v) is 7.92. The van der Waals surface area contributed by atoms with E-state index in [1.807, 2.05) is 30.3 Å². The van der Waals surface area contributed by atoms with Crippen molar-refractivity contribution in [2.24, 2.45) is 11.3 Å². The number of rotatable bonds is 5. The van der Waals surface area contributed by atoms with Crippen LogP contribution in [-0.2, 0) is 16.1 Å². The fourth-order valence-electron chi connectivity index (χ4n) is 3.22. The predicted octanol–water partition coefficient (Wildman–Crippen LogP) is 3.58. The molecule has 2 N–H and O–H groups in total. The van der Waals surface area contributed by atoms with E-state index < -0.39 is 17.6 Å². The van der Waals surface area contributed by atoms with E-state index in [2.05, 4.69) is 26.1 Å². The molecule has 1 aliphatic carbocycles. The minimum Gasteiger partial charge on any atom is -0.480 e. The molecule has 1 aromatic carbocycles. The molecule has 1 amide bonds. The molecule has 1 aromatic rings. The third-order valence-electron chi connectivity index (χ3n) is 4.14. The molecule has 1 saturated carbocycles. The Kier molecular flexibility index (Phi) is 4.97. The van der Waals surface area contributed by atoms with Gasteiger partial charge in [-0.2, -0.15) is 0 Å². The number of amides is 1. The average Bonchev–Trinajstić information content (AvgIpc) is 2.42. The summed E-state index contributed by atoms with van der Waals surface area (Å²) in [6, 6.07) is 9.30. The highest BCUT2D eigenvalue weighted by Crippen LogP contribution is 2.44. The second kappa shape index (κ2) is 6.60. The summed E-state index contributed by atoms with van der Waals surface area (Å²) in [5.41, 5.74) is -0.154. The van der Waals surface area contributed by atoms with E-state index in [0.717, 1.165) is 12.0 Å². The van der Waals surface area contributed by atoms with E-state index in [4.69, 9.17) is 4.74 Å². The Hall–Kier alpha value is -2.04. The van der Waals surface area contributed by atoms with Crippen LogP contribution in [0.25, 0.3) is 0 Å². The van der Waals surface area contributed by atoms with Crippen molar-refractivity contribution in [1.29, 1.82) is 0 Å². The molecule has 0 saturated heterocycles. The highest BCUT2D eigenvalue weighted by atomic mass is 16.5. The Labute approximate surface area is 137 Å². The van der Waals surface area contributed by atoms with Crippen molar-refractivity contribution in [2.45, 2.75) is 52.2 Å². The van der Waals surface area contributed by atoms with Gasteiger partial charge in [-0.3, -0.25) is 0 Å². The van der Waals surface area contributed by atoms with E-state index in [1.165, 1.54) is 0 Å². The van der Waals surface area contributed by atoms with Gasteiger partial charge >= 0.3 is 12.1 Å². The van der Waals surface area contributed by atoms with Crippen molar-refractivity contribution in [1.82, 2.24) is 5.32 Å². The predicted molar refractivity (Wildman–Crippen MR) is 86.9 cm³/mol. The minimum atomic E-state index is -1.18. The number of benzene rings is 1. The second-order valence-corrected chi connectivity index (χ2v) is 7.61.